The normalized spacial score (nSPS) is 15.6. The zero-order valence-corrected chi connectivity index (χ0v) is 20.1. The first-order valence-electron chi connectivity index (χ1n) is 11.1. The van der Waals surface area contributed by atoms with Crippen LogP contribution in [0.4, 0.5) is 19.1 Å². The van der Waals surface area contributed by atoms with Crippen LogP contribution in [-0.2, 0) is 20.9 Å². The number of hydrogen-bond donors (Lipinski definition) is 1. The van der Waals surface area contributed by atoms with Gasteiger partial charge in [-0.25, -0.2) is 23.1 Å². The SMILES string of the molecule is COCCCOc1cc(C(F)(F)F)ccc1C1CCOc2cc(S(=O)(=O)Nc3ncccn3)ccc21. The molecular weight excluding hydrogens is 499 g/mol. The maximum atomic E-state index is 13.4. The lowest BCUT2D eigenvalue weighted by molar-refractivity contribution is -0.137. The number of hydrogen-bond acceptors (Lipinski definition) is 7. The second-order valence-corrected chi connectivity index (χ2v) is 9.69. The van der Waals surface area contributed by atoms with Gasteiger partial charge in [-0.05, 0) is 30.7 Å². The quantitative estimate of drug-likeness (QED) is 0.409. The fourth-order valence-corrected chi connectivity index (χ4v) is 4.87. The summed E-state index contributed by atoms with van der Waals surface area (Å²) < 4.78 is 84.5. The van der Waals surface area contributed by atoms with E-state index in [2.05, 4.69) is 14.7 Å². The molecule has 0 aliphatic carbocycles. The Morgan fingerprint density at radius 3 is 2.56 bits per heavy atom. The van der Waals surface area contributed by atoms with Crippen LogP contribution in [0.15, 0.2) is 59.8 Å². The minimum atomic E-state index is -4.52. The molecule has 1 aliphatic rings. The third-order valence-electron chi connectivity index (χ3n) is 5.59. The Balaban J connectivity index is 1.66. The zero-order valence-electron chi connectivity index (χ0n) is 19.3. The number of nitrogens with zero attached hydrogens (tertiary/aromatic N) is 2. The van der Waals surface area contributed by atoms with Gasteiger partial charge in [0.25, 0.3) is 10.0 Å². The third kappa shape index (κ3) is 5.88. The van der Waals surface area contributed by atoms with Crippen LogP contribution in [0.5, 0.6) is 11.5 Å². The number of halogens is 3. The van der Waals surface area contributed by atoms with Crippen molar-refractivity contribution in [3.63, 3.8) is 0 Å². The number of benzene rings is 2. The number of sulfonamides is 1. The average Bonchev–Trinajstić information content (AvgIpc) is 2.85. The fraction of sp³-hybridized carbons (Fsp3) is 0.333. The molecular formula is C24H24F3N3O5S. The van der Waals surface area contributed by atoms with Crippen molar-refractivity contribution in [3.8, 4) is 11.5 Å². The first-order chi connectivity index (χ1) is 17.2. The van der Waals surface area contributed by atoms with E-state index in [0.29, 0.717) is 36.3 Å². The lowest BCUT2D eigenvalue weighted by Crippen LogP contribution is -2.19. The predicted octanol–water partition coefficient (Wildman–Crippen LogP) is 4.63. The lowest BCUT2D eigenvalue weighted by atomic mass is 9.85. The monoisotopic (exact) mass is 523 g/mol. The van der Waals surface area contributed by atoms with Gasteiger partial charge in [0.05, 0.1) is 23.7 Å². The van der Waals surface area contributed by atoms with Crippen LogP contribution in [0.25, 0.3) is 0 Å². The Morgan fingerprint density at radius 2 is 1.83 bits per heavy atom. The first kappa shape index (κ1) is 25.7. The summed E-state index contributed by atoms with van der Waals surface area (Å²) in [4.78, 5) is 7.67. The molecule has 3 aromatic rings. The number of ether oxygens (including phenoxy) is 3. The molecule has 4 rings (SSSR count). The number of nitrogens with one attached hydrogen (secondary N) is 1. The summed E-state index contributed by atoms with van der Waals surface area (Å²) >= 11 is 0. The number of fused-ring (bicyclic) bond motifs is 1. The van der Waals surface area contributed by atoms with Crippen molar-refractivity contribution in [3.05, 3.63) is 71.5 Å². The Hall–Kier alpha value is -3.38. The summed E-state index contributed by atoms with van der Waals surface area (Å²) in [5.41, 5.74) is 0.407. The standard InChI is InChI=1S/C24H24F3N3O5S/c1-33-11-3-12-34-21-14-16(24(25,26)27)4-6-19(21)18-8-13-35-22-15-17(5-7-20(18)22)36(31,32)30-23-28-9-2-10-29-23/h2,4-7,9-10,14-15,18H,3,8,11-13H2,1H3,(H,28,29,30). The highest BCUT2D eigenvalue weighted by Gasteiger charge is 2.33. The molecule has 2 aromatic carbocycles. The van der Waals surface area contributed by atoms with Crippen LogP contribution < -0.4 is 14.2 Å². The summed E-state index contributed by atoms with van der Waals surface area (Å²) in [5.74, 6) is 0.0244. The molecule has 36 heavy (non-hydrogen) atoms. The lowest BCUT2D eigenvalue weighted by Gasteiger charge is -2.28. The number of aromatic nitrogens is 2. The van der Waals surface area contributed by atoms with Crippen molar-refractivity contribution in [1.82, 2.24) is 9.97 Å². The van der Waals surface area contributed by atoms with E-state index < -0.39 is 21.8 Å². The molecule has 1 aliphatic heterocycles. The first-order valence-corrected chi connectivity index (χ1v) is 12.6. The molecule has 192 valence electrons. The molecule has 1 atom stereocenters. The van der Waals surface area contributed by atoms with Gasteiger partial charge in [0.2, 0.25) is 5.95 Å². The van der Waals surface area contributed by atoms with E-state index in [0.717, 1.165) is 12.1 Å². The highest BCUT2D eigenvalue weighted by molar-refractivity contribution is 7.92. The van der Waals surface area contributed by atoms with E-state index in [1.54, 1.807) is 12.1 Å². The summed E-state index contributed by atoms with van der Waals surface area (Å²) in [6, 6.07) is 9.39. The topological polar surface area (TPSA) is 99.6 Å². The van der Waals surface area contributed by atoms with E-state index in [1.165, 1.54) is 37.7 Å². The molecule has 1 unspecified atom stereocenters. The van der Waals surface area contributed by atoms with Gasteiger partial charge in [-0.2, -0.15) is 13.2 Å². The summed E-state index contributed by atoms with van der Waals surface area (Å²) in [6.07, 6.45) is -0.713. The second-order valence-electron chi connectivity index (χ2n) is 8.01. The second kappa shape index (κ2) is 10.7. The Labute approximate surface area is 206 Å². The van der Waals surface area contributed by atoms with Crippen molar-refractivity contribution < 1.29 is 35.8 Å². The largest absolute Gasteiger partial charge is 0.493 e. The Bertz CT molecular complexity index is 1300. The van der Waals surface area contributed by atoms with E-state index in [1.807, 2.05) is 0 Å². The maximum Gasteiger partial charge on any atom is 0.416 e. The molecule has 0 saturated carbocycles. The van der Waals surface area contributed by atoms with Crippen LogP contribution in [-0.4, -0.2) is 45.3 Å². The Kier molecular flexibility index (Phi) is 7.65. The van der Waals surface area contributed by atoms with Crippen LogP contribution in [0, 0.1) is 0 Å². The van der Waals surface area contributed by atoms with Gasteiger partial charge in [-0.15, -0.1) is 0 Å². The van der Waals surface area contributed by atoms with E-state index >= 15 is 0 Å². The van der Waals surface area contributed by atoms with Gasteiger partial charge in [0.15, 0.2) is 0 Å². The van der Waals surface area contributed by atoms with Crippen molar-refractivity contribution >= 4 is 16.0 Å². The molecule has 0 fully saturated rings. The van der Waals surface area contributed by atoms with Gasteiger partial charge >= 0.3 is 6.18 Å². The Morgan fingerprint density at radius 1 is 1.08 bits per heavy atom. The fourth-order valence-electron chi connectivity index (χ4n) is 3.90. The summed E-state index contributed by atoms with van der Waals surface area (Å²) in [6.45, 7) is 0.844. The molecule has 0 bridgehead atoms. The van der Waals surface area contributed by atoms with Crippen LogP contribution in [0.2, 0.25) is 0 Å². The molecule has 1 aromatic heterocycles. The summed E-state index contributed by atoms with van der Waals surface area (Å²) in [5, 5.41) is 0. The summed E-state index contributed by atoms with van der Waals surface area (Å²) in [7, 11) is -2.46. The molecule has 0 radical (unpaired) electrons. The number of anilines is 1. The third-order valence-corrected chi connectivity index (χ3v) is 6.92. The smallest absolute Gasteiger partial charge is 0.416 e. The van der Waals surface area contributed by atoms with Crippen molar-refractivity contribution in [1.29, 1.82) is 0 Å². The minimum Gasteiger partial charge on any atom is -0.493 e. The maximum absolute atomic E-state index is 13.4. The van der Waals surface area contributed by atoms with Gasteiger partial charge in [0, 0.05) is 55.6 Å². The molecule has 2 heterocycles. The minimum absolute atomic E-state index is 0.0576. The average molecular weight is 524 g/mol. The highest BCUT2D eigenvalue weighted by atomic mass is 32.2. The van der Waals surface area contributed by atoms with Crippen LogP contribution >= 0.6 is 0 Å². The van der Waals surface area contributed by atoms with Crippen LogP contribution in [0.1, 0.15) is 35.4 Å². The van der Waals surface area contributed by atoms with Gasteiger partial charge in [-0.1, -0.05) is 12.1 Å². The van der Waals surface area contributed by atoms with Gasteiger partial charge in [0.1, 0.15) is 11.5 Å². The number of methoxy groups -OCH3 is 1. The number of rotatable bonds is 9. The van der Waals surface area contributed by atoms with Crippen molar-refractivity contribution in [2.24, 2.45) is 0 Å². The van der Waals surface area contributed by atoms with E-state index in [9.17, 15) is 21.6 Å². The number of alkyl halides is 3. The molecule has 12 heteroatoms. The molecule has 0 saturated heterocycles. The van der Waals surface area contributed by atoms with Crippen LogP contribution in [0.3, 0.4) is 0 Å². The molecule has 1 N–H and O–H groups in total. The zero-order chi connectivity index (χ0) is 25.8. The van der Waals surface area contributed by atoms with E-state index in [-0.39, 0.29) is 35.7 Å². The van der Waals surface area contributed by atoms with E-state index in [4.69, 9.17) is 14.2 Å². The highest BCUT2D eigenvalue weighted by Crippen LogP contribution is 2.44. The molecule has 0 amide bonds. The molecule has 0 spiro atoms. The van der Waals surface area contributed by atoms with Gasteiger partial charge < -0.3 is 14.2 Å². The van der Waals surface area contributed by atoms with Gasteiger partial charge in [-0.3, -0.25) is 0 Å². The predicted molar refractivity (Wildman–Crippen MR) is 125 cm³/mol. The molecule has 8 nitrogen and oxygen atoms in total. The van der Waals surface area contributed by atoms with Crippen molar-refractivity contribution in [2.75, 3.05) is 31.7 Å². The van der Waals surface area contributed by atoms with Crippen molar-refractivity contribution in [2.45, 2.75) is 29.8 Å².